The molecule has 16 heavy (non-hydrogen) atoms. The summed E-state index contributed by atoms with van der Waals surface area (Å²) in [6, 6.07) is 2.05. The number of amides is 1. The number of halogens is 1. The van der Waals surface area contributed by atoms with E-state index < -0.39 is 0 Å². The highest BCUT2D eigenvalue weighted by molar-refractivity contribution is 9.10. The molecule has 0 bridgehead atoms. The van der Waals surface area contributed by atoms with E-state index in [9.17, 15) is 4.79 Å². The van der Waals surface area contributed by atoms with E-state index in [-0.39, 0.29) is 5.91 Å². The fraction of sp³-hybridized carbons (Fsp3) is 0.545. The molecule has 0 radical (unpaired) electrons. The van der Waals surface area contributed by atoms with Crippen LogP contribution in [0.1, 0.15) is 17.7 Å². The van der Waals surface area contributed by atoms with Crippen molar-refractivity contribution in [2.75, 3.05) is 20.6 Å². The molecule has 1 amide bonds. The van der Waals surface area contributed by atoms with Crippen molar-refractivity contribution in [2.45, 2.75) is 19.4 Å². The third-order valence-corrected chi connectivity index (χ3v) is 4.15. The number of rotatable bonds is 6. The van der Waals surface area contributed by atoms with E-state index in [1.165, 1.54) is 4.88 Å². The molecular weight excluding hydrogens is 288 g/mol. The van der Waals surface area contributed by atoms with E-state index in [0.29, 0.717) is 6.42 Å². The van der Waals surface area contributed by atoms with Gasteiger partial charge in [0.2, 0.25) is 5.91 Å². The van der Waals surface area contributed by atoms with Crippen LogP contribution in [0.5, 0.6) is 0 Å². The molecule has 1 aromatic rings. The molecular formula is C11H17BrN2OS. The molecule has 0 atom stereocenters. The van der Waals surface area contributed by atoms with Crippen LogP contribution in [0.4, 0.5) is 0 Å². The van der Waals surface area contributed by atoms with Crippen molar-refractivity contribution >= 4 is 33.2 Å². The van der Waals surface area contributed by atoms with E-state index in [0.717, 1.165) is 24.0 Å². The zero-order valence-electron chi connectivity index (χ0n) is 9.62. The van der Waals surface area contributed by atoms with Gasteiger partial charge in [-0.1, -0.05) is 0 Å². The van der Waals surface area contributed by atoms with Crippen molar-refractivity contribution in [3.8, 4) is 0 Å². The van der Waals surface area contributed by atoms with Crippen LogP contribution in [-0.4, -0.2) is 31.4 Å². The standard InChI is InChI=1S/C11H17BrN2OS/c1-14(2)11(15)4-3-6-13-8-10-9(12)5-7-16-10/h5,7,13H,3-4,6,8H2,1-2H3. The van der Waals surface area contributed by atoms with Crippen LogP contribution >= 0.6 is 27.3 Å². The van der Waals surface area contributed by atoms with Crippen LogP contribution in [0.2, 0.25) is 0 Å². The Bertz CT molecular complexity index is 338. The molecule has 0 saturated heterocycles. The van der Waals surface area contributed by atoms with Gasteiger partial charge in [0.15, 0.2) is 0 Å². The number of thiophene rings is 1. The maximum atomic E-state index is 11.3. The number of nitrogens with zero attached hydrogens (tertiary/aromatic N) is 1. The fourth-order valence-corrected chi connectivity index (χ4v) is 2.70. The highest BCUT2D eigenvalue weighted by atomic mass is 79.9. The molecule has 0 fully saturated rings. The highest BCUT2D eigenvalue weighted by Gasteiger charge is 2.03. The predicted molar refractivity (Wildman–Crippen MR) is 71.7 cm³/mol. The SMILES string of the molecule is CN(C)C(=O)CCCNCc1sccc1Br. The second kappa shape index (κ2) is 7.04. The number of nitrogens with one attached hydrogen (secondary N) is 1. The monoisotopic (exact) mass is 304 g/mol. The second-order valence-electron chi connectivity index (χ2n) is 3.76. The lowest BCUT2D eigenvalue weighted by molar-refractivity contribution is -0.128. The molecule has 1 rings (SSSR count). The Morgan fingerprint density at radius 2 is 2.31 bits per heavy atom. The van der Waals surface area contributed by atoms with Crippen LogP contribution in [0.15, 0.2) is 15.9 Å². The summed E-state index contributed by atoms with van der Waals surface area (Å²) < 4.78 is 1.16. The van der Waals surface area contributed by atoms with Crippen molar-refractivity contribution in [1.29, 1.82) is 0 Å². The van der Waals surface area contributed by atoms with Gasteiger partial charge in [-0.3, -0.25) is 4.79 Å². The van der Waals surface area contributed by atoms with Crippen LogP contribution in [0.25, 0.3) is 0 Å². The average molecular weight is 305 g/mol. The Labute approximate surface area is 109 Å². The Balaban J connectivity index is 2.09. The number of carbonyl (C=O) groups excluding carboxylic acids is 1. The maximum absolute atomic E-state index is 11.3. The predicted octanol–water partition coefficient (Wildman–Crippen LogP) is 2.47. The highest BCUT2D eigenvalue weighted by Crippen LogP contribution is 2.21. The fourth-order valence-electron chi connectivity index (χ4n) is 1.24. The van der Waals surface area contributed by atoms with Gasteiger partial charge in [0.25, 0.3) is 0 Å². The van der Waals surface area contributed by atoms with Gasteiger partial charge >= 0.3 is 0 Å². The smallest absolute Gasteiger partial charge is 0.222 e. The van der Waals surface area contributed by atoms with Crippen molar-refractivity contribution in [1.82, 2.24) is 10.2 Å². The van der Waals surface area contributed by atoms with Crippen molar-refractivity contribution in [3.63, 3.8) is 0 Å². The summed E-state index contributed by atoms with van der Waals surface area (Å²) in [6.45, 7) is 1.75. The van der Waals surface area contributed by atoms with Gasteiger partial charge in [0.1, 0.15) is 0 Å². The second-order valence-corrected chi connectivity index (χ2v) is 5.62. The van der Waals surface area contributed by atoms with Gasteiger partial charge < -0.3 is 10.2 Å². The van der Waals surface area contributed by atoms with Gasteiger partial charge in [0, 0.05) is 36.4 Å². The topological polar surface area (TPSA) is 32.3 Å². The molecule has 0 aliphatic heterocycles. The molecule has 0 aromatic carbocycles. The van der Waals surface area contributed by atoms with E-state index in [1.54, 1.807) is 30.3 Å². The minimum absolute atomic E-state index is 0.194. The number of hydrogen-bond acceptors (Lipinski definition) is 3. The lowest BCUT2D eigenvalue weighted by atomic mass is 10.3. The Morgan fingerprint density at radius 1 is 1.56 bits per heavy atom. The summed E-state index contributed by atoms with van der Waals surface area (Å²) in [6.07, 6.45) is 1.51. The molecule has 90 valence electrons. The van der Waals surface area contributed by atoms with Gasteiger partial charge in [-0.05, 0) is 40.3 Å². The largest absolute Gasteiger partial charge is 0.349 e. The summed E-state index contributed by atoms with van der Waals surface area (Å²) in [5, 5.41) is 5.40. The van der Waals surface area contributed by atoms with Crippen molar-refractivity contribution < 1.29 is 4.79 Å². The quantitative estimate of drug-likeness (QED) is 0.819. The molecule has 0 saturated carbocycles. The van der Waals surface area contributed by atoms with Crippen LogP contribution in [-0.2, 0) is 11.3 Å². The Morgan fingerprint density at radius 3 is 2.88 bits per heavy atom. The third-order valence-electron chi connectivity index (χ3n) is 2.22. The van der Waals surface area contributed by atoms with Gasteiger partial charge in [0.05, 0.1) is 0 Å². The first kappa shape index (κ1) is 13.7. The number of hydrogen-bond donors (Lipinski definition) is 1. The zero-order chi connectivity index (χ0) is 12.0. The molecule has 0 unspecified atom stereocenters. The average Bonchev–Trinajstić information content (AvgIpc) is 2.63. The minimum atomic E-state index is 0.194. The van der Waals surface area contributed by atoms with Crippen LogP contribution in [0, 0.1) is 0 Å². The molecule has 3 nitrogen and oxygen atoms in total. The van der Waals surface area contributed by atoms with Crippen LogP contribution in [0.3, 0.4) is 0 Å². The first-order chi connectivity index (χ1) is 7.61. The number of carbonyl (C=O) groups is 1. The maximum Gasteiger partial charge on any atom is 0.222 e. The lowest BCUT2D eigenvalue weighted by Gasteiger charge is -2.09. The van der Waals surface area contributed by atoms with Crippen LogP contribution < -0.4 is 5.32 Å². The molecule has 1 aromatic heterocycles. The lowest BCUT2D eigenvalue weighted by Crippen LogP contribution is -2.23. The molecule has 1 heterocycles. The summed E-state index contributed by atoms with van der Waals surface area (Å²) in [5.74, 6) is 0.194. The van der Waals surface area contributed by atoms with Crippen molar-refractivity contribution in [2.24, 2.45) is 0 Å². The van der Waals surface area contributed by atoms with E-state index in [4.69, 9.17) is 0 Å². The van der Waals surface area contributed by atoms with E-state index in [1.807, 2.05) is 0 Å². The molecule has 0 aliphatic rings. The summed E-state index contributed by atoms with van der Waals surface area (Å²) >= 11 is 5.22. The summed E-state index contributed by atoms with van der Waals surface area (Å²) in [5.41, 5.74) is 0. The molecule has 5 heteroatoms. The van der Waals surface area contributed by atoms with E-state index >= 15 is 0 Å². The Hall–Kier alpha value is -0.390. The minimum Gasteiger partial charge on any atom is -0.349 e. The Kier molecular flexibility index (Phi) is 6.01. The normalized spacial score (nSPS) is 10.4. The van der Waals surface area contributed by atoms with Gasteiger partial charge in [-0.25, -0.2) is 0 Å². The molecule has 0 aliphatic carbocycles. The van der Waals surface area contributed by atoms with Gasteiger partial charge in [-0.2, -0.15) is 0 Å². The zero-order valence-corrected chi connectivity index (χ0v) is 12.0. The first-order valence-corrected chi connectivity index (χ1v) is 6.91. The molecule has 1 N–H and O–H groups in total. The molecule has 0 spiro atoms. The third kappa shape index (κ3) is 4.63. The van der Waals surface area contributed by atoms with E-state index in [2.05, 4.69) is 32.7 Å². The van der Waals surface area contributed by atoms with Crippen molar-refractivity contribution in [3.05, 3.63) is 20.8 Å². The first-order valence-electron chi connectivity index (χ1n) is 5.24. The summed E-state index contributed by atoms with van der Waals surface area (Å²) in [4.78, 5) is 14.2. The van der Waals surface area contributed by atoms with Gasteiger partial charge in [-0.15, -0.1) is 11.3 Å². The summed E-state index contributed by atoms with van der Waals surface area (Å²) in [7, 11) is 3.58.